The number of ether oxygens (including phenoxy) is 1. The van der Waals surface area contributed by atoms with Gasteiger partial charge in [-0.2, -0.15) is 0 Å². The molecule has 0 aliphatic heterocycles. The van der Waals surface area contributed by atoms with E-state index in [1.54, 1.807) is 0 Å². The third-order valence-electron chi connectivity index (χ3n) is 5.22. The average molecular weight is 471 g/mol. The van der Waals surface area contributed by atoms with E-state index in [9.17, 15) is 4.79 Å². The molecule has 8 nitrogen and oxygen atoms in total. The fourth-order valence-electron chi connectivity index (χ4n) is 3.65. The number of carbonyl (C=O) groups excluding carboxylic acids is 1. The second-order valence-electron chi connectivity index (χ2n) is 7.51. The summed E-state index contributed by atoms with van der Waals surface area (Å²) in [6, 6.07) is 19.3. The molecule has 34 heavy (non-hydrogen) atoms. The van der Waals surface area contributed by atoms with Gasteiger partial charge in [-0.3, -0.25) is 4.79 Å². The molecule has 0 aliphatic rings. The molecule has 5 rings (SSSR count). The average Bonchev–Trinajstić information content (AvgIpc) is 3.33. The Hall–Kier alpha value is -4.24. The van der Waals surface area contributed by atoms with Crippen LogP contribution in [0.4, 0.5) is 17.3 Å². The van der Waals surface area contributed by atoms with Crippen LogP contribution in [0.3, 0.4) is 0 Å². The summed E-state index contributed by atoms with van der Waals surface area (Å²) in [4.78, 5) is 26.1. The number of benzene rings is 2. The Labute approximate surface area is 199 Å². The number of thiophene rings is 1. The molecule has 3 heterocycles. The lowest BCUT2D eigenvalue weighted by Crippen LogP contribution is -2.18. The Bertz CT molecular complexity index is 1480. The third kappa shape index (κ3) is 4.46. The van der Waals surface area contributed by atoms with Gasteiger partial charge in [0, 0.05) is 11.1 Å². The van der Waals surface area contributed by atoms with E-state index in [1.165, 1.54) is 11.3 Å². The lowest BCUT2D eigenvalue weighted by Gasteiger charge is -2.12. The summed E-state index contributed by atoms with van der Waals surface area (Å²) in [6.45, 7) is 3.05. The predicted octanol–water partition coefficient (Wildman–Crippen LogP) is 5.08. The highest BCUT2D eigenvalue weighted by molar-refractivity contribution is 7.17. The normalized spacial score (nSPS) is 11.0. The number of nitrogens with two attached hydrogens (primary N) is 1. The quantitative estimate of drug-likeness (QED) is 0.304. The molecule has 1 amide bonds. The summed E-state index contributed by atoms with van der Waals surface area (Å²) in [6.07, 6.45) is 0. The summed E-state index contributed by atoms with van der Waals surface area (Å²) >= 11 is 1.44. The molecular weight excluding hydrogens is 448 g/mol. The molecule has 3 aromatic heterocycles. The molecule has 0 bridgehead atoms. The van der Waals surface area contributed by atoms with Gasteiger partial charge in [0.05, 0.1) is 29.1 Å². The van der Waals surface area contributed by atoms with Crippen LogP contribution in [-0.2, 0) is 6.54 Å². The van der Waals surface area contributed by atoms with Crippen LogP contribution in [0.25, 0.3) is 21.0 Å². The molecule has 5 aromatic rings. The number of anilines is 3. The van der Waals surface area contributed by atoms with Crippen LogP contribution in [-0.4, -0.2) is 27.5 Å². The first-order valence-electron chi connectivity index (χ1n) is 10.8. The van der Waals surface area contributed by atoms with Gasteiger partial charge in [0.25, 0.3) is 5.91 Å². The minimum atomic E-state index is -0.465. The Morgan fingerprint density at radius 2 is 1.88 bits per heavy atom. The summed E-state index contributed by atoms with van der Waals surface area (Å²) in [5, 5.41) is 10.0. The maximum Gasteiger partial charge on any atom is 0.294 e. The van der Waals surface area contributed by atoms with E-state index < -0.39 is 5.91 Å². The highest BCUT2D eigenvalue weighted by atomic mass is 32.1. The zero-order chi connectivity index (χ0) is 23.5. The number of carbonyl (C=O) groups is 1. The second-order valence-corrected chi connectivity index (χ2v) is 8.42. The number of hydrogen-bond acceptors (Lipinski definition) is 8. The van der Waals surface area contributed by atoms with Crippen LogP contribution in [0.2, 0.25) is 0 Å². The molecule has 0 atom stereocenters. The molecule has 0 spiro atoms. The maximum absolute atomic E-state index is 12.9. The second kappa shape index (κ2) is 9.32. The van der Waals surface area contributed by atoms with E-state index in [0.29, 0.717) is 24.5 Å². The van der Waals surface area contributed by atoms with E-state index >= 15 is 0 Å². The van der Waals surface area contributed by atoms with Crippen LogP contribution >= 0.6 is 11.3 Å². The van der Waals surface area contributed by atoms with Gasteiger partial charge in [-0.15, -0.1) is 11.3 Å². The fourth-order valence-corrected chi connectivity index (χ4v) is 4.38. The smallest absolute Gasteiger partial charge is 0.294 e. The molecule has 9 heteroatoms. The van der Waals surface area contributed by atoms with Crippen molar-refractivity contribution in [3.63, 3.8) is 0 Å². The van der Waals surface area contributed by atoms with Crippen molar-refractivity contribution in [2.75, 3.05) is 23.0 Å². The molecule has 0 saturated carbocycles. The number of nitrogens with one attached hydrogen (secondary N) is 2. The van der Waals surface area contributed by atoms with Crippen molar-refractivity contribution in [1.82, 2.24) is 15.0 Å². The highest BCUT2D eigenvalue weighted by Gasteiger charge is 2.15. The predicted molar refractivity (Wildman–Crippen MR) is 136 cm³/mol. The molecule has 170 valence electrons. The number of nitrogen functional groups attached to an aromatic ring is 1. The van der Waals surface area contributed by atoms with E-state index in [2.05, 4.69) is 20.6 Å². The zero-order valence-corrected chi connectivity index (χ0v) is 19.2. The molecule has 4 N–H and O–H groups in total. The van der Waals surface area contributed by atoms with Gasteiger partial charge in [0.1, 0.15) is 17.4 Å². The first-order valence-corrected chi connectivity index (χ1v) is 11.7. The van der Waals surface area contributed by atoms with E-state index in [1.807, 2.05) is 73.0 Å². The van der Waals surface area contributed by atoms with Gasteiger partial charge < -0.3 is 21.1 Å². The van der Waals surface area contributed by atoms with Crippen LogP contribution < -0.4 is 21.1 Å². The molecule has 0 fully saturated rings. The monoisotopic (exact) mass is 470 g/mol. The summed E-state index contributed by atoms with van der Waals surface area (Å²) < 4.78 is 6.27. The largest absolute Gasteiger partial charge is 0.494 e. The van der Waals surface area contributed by atoms with E-state index in [-0.39, 0.29) is 11.6 Å². The number of nitrogens with zero attached hydrogens (tertiary/aromatic N) is 3. The third-order valence-corrected chi connectivity index (χ3v) is 6.15. The lowest BCUT2D eigenvalue weighted by atomic mass is 10.1. The minimum Gasteiger partial charge on any atom is -0.494 e. The van der Waals surface area contributed by atoms with Crippen molar-refractivity contribution in [3.05, 3.63) is 77.6 Å². The Morgan fingerprint density at radius 1 is 1.06 bits per heavy atom. The van der Waals surface area contributed by atoms with Gasteiger partial charge in [0.15, 0.2) is 0 Å². The SMILES string of the molecule is CCOc1ccc(NCc2nc(NC(=O)c3nc(N)c4sccc4n3)cc3ccccc23)cc1. The molecule has 0 aliphatic carbocycles. The van der Waals surface area contributed by atoms with Crippen LogP contribution in [0.1, 0.15) is 23.2 Å². The van der Waals surface area contributed by atoms with Crippen LogP contribution in [0.5, 0.6) is 5.75 Å². The van der Waals surface area contributed by atoms with Gasteiger partial charge >= 0.3 is 0 Å². The Balaban J connectivity index is 1.40. The standard InChI is InChI=1S/C25H22N6O2S/c1-2-33-17-9-7-16(8-10-17)27-14-20-18-6-4-3-5-15(18)13-21(28-20)30-25(32)24-29-19-11-12-34-22(19)23(26)31-24/h3-13,27H,2,14H2,1H3,(H2,26,29,31)(H,28,30,32). The molecular formula is C25H22N6O2S. The first kappa shape index (κ1) is 21.6. The highest BCUT2D eigenvalue weighted by Crippen LogP contribution is 2.25. The van der Waals surface area contributed by atoms with Crippen LogP contribution in [0, 0.1) is 0 Å². The number of fused-ring (bicyclic) bond motifs is 2. The topological polar surface area (TPSA) is 115 Å². The van der Waals surface area contributed by atoms with Crippen LogP contribution in [0.15, 0.2) is 66.0 Å². The Kier molecular flexibility index (Phi) is 5.92. The zero-order valence-electron chi connectivity index (χ0n) is 18.4. The molecule has 0 unspecified atom stereocenters. The van der Waals surface area contributed by atoms with Gasteiger partial charge in [-0.1, -0.05) is 24.3 Å². The molecule has 2 aromatic carbocycles. The summed E-state index contributed by atoms with van der Waals surface area (Å²) in [5.41, 5.74) is 8.39. The van der Waals surface area contributed by atoms with Crippen molar-refractivity contribution in [2.45, 2.75) is 13.5 Å². The van der Waals surface area contributed by atoms with Gasteiger partial charge in [-0.25, -0.2) is 15.0 Å². The molecule has 0 radical (unpaired) electrons. The lowest BCUT2D eigenvalue weighted by molar-refractivity contribution is 0.101. The van der Waals surface area contributed by atoms with Gasteiger partial charge in [0.2, 0.25) is 5.82 Å². The summed E-state index contributed by atoms with van der Waals surface area (Å²) in [5.74, 6) is 1.07. The van der Waals surface area contributed by atoms with Crippen molar-refractivity contribution >= 4 is 55.6 Å². The number of rotatable bonds is 7. The molecule has 0 saturated heterocycles. The van der Waals surface area contributed by atoms with Crippen molar-refractivity contribution in [3.8, 4) is 5.75 Å². The van der Waals surface area contributed by atoms with Gasteiger partial charge in [-0.05, 0) is 54.1 Å². The number of hydrogen-bond donors (Lipinski definition) is 3. The maximum atomic E-state index is 12.9. The van der Waals surface area contributed by atoms with E-state index in [0.717, 1.165) is 32.6 Å². The summed E-state index contributed by atoms with van der Waals surface area (Å²) in [7, 11) is 0. The fraction of sp³-hybridized carbons (Fsp3) is 0.120. The minimum absolute atomic E-state index is 0.00687. The van der Waals surface area contributed by atoms with E-state index in [4.69, 9.17) is 15.5 Å². The van der Waals surface area contributed by atoms with Crippen molar-refractivity contribution < 1.29 is 9.53 Å². The first-order chi connectivity index (χ1) is 16.6. The number of amides is 1. The van der Waals surface area contributed by atoms with Crippen molar-refractivity contribution in [1.29, 1.82) is 0 Å². The Morgan fingerprint density at radius 3 is 2.71 bits per heavy atom. The number of aromatic nitrogens is 3. The van der Waals surface area contributed by atoms with Crippen molar-refractivity contribution in [2.24, 2.45) is 0 Å². The number of pyridine rings is 1.